The molecule has 0 heterocycles. The molecule has 19 heavy (non-hydrogen) atoms. The Morgan fingerprint density at radius 1 is 0.947 bits per heavy atom. The largest absolute Gasteiger partial charge is 0.322 e. The summed E-state index contributed by atoms with van der Waals surface area (Å²) >= 11 is 0. The molecule has 4 heteroatoms. The summed E-state index contributed by atoms with van der Waals surface area (Å²) in [6.07, 6.45) is 4.84. The fourth-order valence-electron chi connectivity index (χ4n) is 0.484. The van der Waals surface area contributed by atoms with Gasteiger partial charge in [-0.05, 0) is 29.6 Å². The molecule has 0 bridgehead atoms. The average molecular weight is 253 g/mol. The van der Waals surface area contributed by atoms with Crippen molar-refractivity contribution in [3.8, 4) is 71.7 Å². The molecule has 0 aromatic carbocycles. The summed E-state index contributed by atoms with van der Waals surface area (Å²) in [5.74, 6) is 17.6. The molecule has 90 valence electrons. The van der Waals surface area contributed by atoms with Crippen LogP contribution in [0.2, 0.25) is 0 Å². The van der Waals surface area contributed by atoms with Crippen LogP contribution in [-0.4, -0.2) is 11.8 Å². The first kappa shape index (κ1) is 15.7. The smallest absolute Gasteiger partial charge is 0.279 e. The summed E-state index contributed by atoms with van der Waals surface area (Å²) in [7, 11) is 0. The SMILES string of the molecule is C#CC#CC#CC#CC#CC#CNC(=O)C(C)(F)F. The molecule has 0 spiro atoms. The van der Waals surface area contributed by atoms with Crippen molar-refractivity contribution in [1.82, 2.24) is 5.32 Å². The zero-order chi connectivity index (χ0) is 14.6. The van der Waals surface area contributed by atoms with E-state index in [0.29, 0.717) is 6.92 Å². The van der Waals surface area contributed by atoms with Crippen LogP contribution in [0.4, 0.5) is 8.78 Å². The quantitative estimate of drug-likeness (QED) is 0.531. The standard InChI is InChI=1S/C15H5F2NO/c1-3-4-5-6-7-8-9-10-11-12-13-18-14(19)15(2,16)17/h1H,2H3,(H,18,19). The van der Waals surface area contributed by atoms with Gasteiger partial charge in [-0.1, -0.05) is 0 Å². The molecule has 0 saturated heterocycles. The van der Waals surface area contributed by atoms with E-state index < -0.39 is 11.8 Å². The van der Waals surface area contributed by atoms with Gasteiger partial charge in [0.15, 0.2) is 0 Å². The molecule has 0 fully saturated rings. The number of amides is 1. The van der Waals surface area contributed by atoms with Crippen molar-refractivity contribution in [2.45, 2.75) is 12.8 Å². The van der Waals surface area contributed by atoms with Gasteiger partial charge in [0, 0.05) is 42.6 Å². The Kier molecular flexibility index (Phi) is 7.27. The summed E-state index contributed by atoms with van der Waals surface area (Å²) in [5, 5.41) is 1.68. The lowest BCUT2D eigenvalue weighted by atomic mass is 10.4. The van der Waals surface area contributed by atoms with Crippen LogP contribution in [0.1, 0.15) is 6.92 Å². The Morgan fingerprint density at radius 2 is 1.37 bits per heavy atom. The van der Waals surface area contributed by atoms with E-state index in [1.54, 1.807) is 5.32 Å². The molecule has 0 rings (SSSR count). The zero-order valence-electron chi connectivity index (χ0n) is 9.74. The van der Waals surface area contributed by atoms with Crippen molar-refractivity contribution in [3.05, 3.63) is 0 Å². The van der Waals surface area contributed by atoms with Crippen LogP contribution in [0.25, 0.3) is 0 Å². The Morgan fingerprint density at radius 3 is 1.79 bits per heavy atom. The molecule has 0 aromatic heterocycles. The van der Waals surface area contributed by atoms with Crippen LogP contribution in [0.3, 0.4) is 0 Å². The Bertz CT molecular complexity index is 694. The van der Waals surface area contributed by atoms with E-state index >= 15 is 0 Å². The second kappa shape index (κ2) is 8.80. The normalized spacial score (nSPS) is 6.84. The van der Waals surface area contributed by atoms with Crippen LogP contribution in [0.5, 0.6) is 0 Å². The molecule has 0 radical (unpaired) electrons. The molecular formula is C15H5F2NO. The summed E-state index contributed by atoms with van der Waals surface area (Å²) < 4.78 is 24.7. The number of nitrogens with one attached hydrogen (secondary N) is 1. The van der Waals surface area contributed by atoms with E-state index in [9.17, 15) is 13.6 Å². The van der Waals surface area contributed by atoms with Gasteiger partial charge in [-0.2, -0.15) is 8.78 Å². The maximum absolute atomic E-state index is 12.3. The van der Waals surface area contributed by atoms with Gasteiger partial charge >= 0.3 is 11.8 Å². The molecular weight excluding hydrogens is 248 g/mol. The average Bonchev–Trinajstić information content (AvgIpc) is 2.34. The number of halogens is 2. The molecule has 1 N–H and O–H groups in total. The minimum atomic E-state index is -3.48. The fraction of sp³-hybridized carbons (Fsp3) is 0.133. The highest BCUT2D eigenvalue weighted by atomic mass is 19.3. The van der Waals surface area contributed by atoms with E-state index in [0.717, 1.165) is 0 Å². The third kappa shape index (κ3) is 9.61. The number of alkyl halides is 2. The highest BCUT2D eigenvalue weighted by Crippen LogP contribution is 2.09. The molecule has 2 nitrogen and oxygen atoms in total. The summed E-state index contributed by atoms with van der Waals surface area (Å²) in [5.41, 5.74) is 0. The van der Waals surface area contributed by atoms with E-state index in [1.165, 1.54) is 0 Å². The first-order chi connectivity index (χ1) is 8.98. The predicted molar refractivity (Wildman–Crippen MR) is 66.5 cm³/mol. The highest BCUT2D eigenvalue weighted by Gasteiger charge is 2.31. The van der Waals surface area contributed by atoms with Crippen molar-refractivity contribution < 1.29 is 13.6 Å². The number of hydrogen-bond donors (Lipinski definition) is 1. The Labute approximate surface area is 110 Å². The summed E-state index contributed by atoms with van der Waals surface area (Å²) in [6, 6.07) is 1.96. The van der Waals surface area contributed by atoms with Crippen molar-refractivity contribution in [2.24, 2.45) is 0 Å². The molecule has 0 aliphatic carbocycles. The van der Waals surface area contributed by atoms with Crippen LogP contribution >= 0.6 is 0 Å². The molecule has 0 aromatic rings. The maximum atomic E-state index is 12.3. The molecule has 1 amide bonds. The van der Waals surface area contributed by atoms with E-state index in [1.807, 2.05) is 6.04 Å². The minimum absolute atomic E-state index is 0.461. The van der Waals surface area contributed by atoms with Crippen LogP contribution in [0, 0.1) is 71.7 Å². The number of carbonyl (C=O) groups excluding carboxylic acids is 1. The highest BCUT2D eigenvalue weighted by molar-refractivity contribution is 5.84. The molecule has 0 saturated carbocycles. The van der Waals surface area contributed by atoms with E-state index in [4.69, 9.17) is 6.42 Å². The molecule has 0 aliphatic rings. The lowest BCUT2D eigenvalue weighted by molar-refractivity contribution is -0.141. The Hall–Kier alpha value is -3.31. The number of terminal acetylenes is 1. The van der Waals surface area contributed by atoms with Crippen molar-refractivity contribution in [2.75, 3.05) is 0 Å². The zero-order valence-corrected chi connectivity index (χ0v) is 9.74. The van der Waals surface area contributed by atoms with Gasteiger partial charge in [0.25, 0.3) is 0 Å². The second-order valence-electron chi connectivity index (χ2n) is 2.74. The molecule has 0 atom stereocenters. The van der Waals surface area contributed by atoms with Gasteiger partial charge < -0.3 is 0 Å². The monoisotopic (exact) mass is 253 g/mol. The van der Waals surface area contributed by atoms with Crippen LogP contribution in [0.15, 0.2) is 0 Å². The van der Waals surface area contributed by atoms with E-state index in [2.05, 4.69) is 59.2 Å². The first-order valence-electron chi connectivity index (χ1n) is 4.62. The van der Waals surface area contributed by atoms with E-state index in [-0.39, 0.29) is 0 Å². The lowest BCUT2D eigenvalue weighted by Gasteiger charge is -2.04. The number of hydrogen-bond acceptors (Lipinski definition) is 1. The van der Waals surface area contributed by atoms with Crippen LogP contribution in [-0.2, 0) is 4.79 Å². The Balaban J connectivity index is 4.29. The number of rotatable bonds is 1. The molecule has 0 aliphatic heterocycles. The van der Waals surface area contributed by atoms with Crippen molar-refractivity contribution in [3.63, 3.8) is 0 Å². The van der Waals surface area contributed by atoms with Gasteiger partial charge in [0.2, 0.25) is 0 Å². The van der Waals surface area contributed by atoms with Crippen molar-refractivity contribution in [1.29, 1.82) is 0 Å². The fourth-order valence-corrected chi connectivity index (χ4v) is 0.484. The topological polar surface area (TPSA) is 29.1 Å². The molecule has 0 unspecified atom stereocenters. The van der Waals surface area contributed by atoms with Gasteiger partial charge in [0.05, 0.1) is 0 Å². The third-order valence-electron chi connectivity index (χ3n) is 1.21. The summed E-state index contributed by atoms with van der Waals surface area (Å²) in [6.45, 7) is 0.461. The second-order valence-corrected chi connectivity index (χ2v) is 2.74. The van der Waals surface area contributed by atoms with Crippen molar-refractivity contribution >= 4 is 5.91 Å². The predicted octanol–water partition coefficient (Wildman–Crippen LogP) is 0.365. The van der Waals surface area contributed by atoms with Crippen LogP contribution < -0.4 is 5.32 Å². The lowest BCUT2D eigenvalue weighted by Crippen LogP contribution is -2.34. The number of carbonyl (C=O) groups is 1. The van der Waals surface area contributed by atoms with Gasteiger partial charge in [-0.25, -0.2) is 0 Å². The van der Waals surface area contributed by atoms with Gasteiger partial charge in [0.1, 0.15) is 0 Å². The van der Waals surface area contributed by atoms with Gasteiger partial charge in [-0.15, -0.1) is 6.42 Å². The minimum Gasteiger partial charge on any atom is -0.279 e. The third-order valence-corrected chi connectivity index (χ3v) is 1.21. The van der Waals surface area contributed by atoms with Gasteiger partial charge in [-0.3, -0.25) is 10.1 Å². The maximum Gasteiger partial charge on any atom is 0.322 e. The summed E-state index contributed by atoms with van der Waals surface area (Å²) in [4.78, 5) is 10.6. The first-order valence-corrected chi connectivity index (χ1v) is 4.62.